The summed E-state index contributed by atoms with van der Waals surface area (Å²) in [6.45, 7) is 0. The molecule has 0 heterocycles. The van der Waals surface area contributed by atoms with Crippen LogP contribution in [0.4, 0.5) is 11.4 Å². The Hall–Kier alpha value is -2.20. The minimum Gasteiger partial charge on any atom is -0.507 e. The van der Waals surface area contributed by atoms with Gasteiger partial charge in [0.25, 0.3) is 5.91 Å². The second-order valence-electron chi connectivity index (χ2n) is 4.08. The first-order valence-electron chi connectivity index (χ1n) is 5.62. The predicted octanol–water partition coefficient (Wildman–Crippen LogP) is 2.90. The SMILES string of the molecule is CN(C(=O)c1ccc(Cl)cc1O)c1ccccc1N. The van der Waals surface area contributed by atoms with Crippen molar-refractivity contribution in [3.63, 3.8) is 0 Å². The maximum absolute atomic E-state index is 12.3. The van der Waals surface area contributed by atoms with E-state index in [9.17, 15) is 9.90 Å². The molecule has 19 heavy (non-hydrogen) atoms. The van der Waals surface area contributed by atoms with E-state index in [0.29, 0.717) is 16.4 Å². The molecular formula is C14H13ClN2O2. The number of nitrogen functional groups attached to an aromatic ring is 1. The van der Waals surface area contributed by atoms with E-state index >= 15 is 0 Å². The third-order valence-corrected chi connectivity index (χ3v) is 3.03. The normalized spacial score (nSPS) is 10.2. The van der Waals surface area contributed by atoms with E-state index < -0.39 is 0 Å². The van der Waals surface area contributed by atoms with E-state index in [0.717, 1.165) is 0 Å². The van der Waals surface area contributed by atoms with Gasteiger partial charge in [0, 0.05) is 12.1 Å². The molecule has 0 aliphatic rings. The number of carbonyl (C=O) groups is 1. The van der Waals surface area contributed by atoms with Crippen LogP contribution >= 0.6 is 11.6 Å². The number of rotatable bonds is 2. The number of anilines is 2. The summed E-state index contributed by atoms with van der Waals surface area (Å²) in [6.07, 6.45) is 0. The van der Waals surface area contributed by atoms with Crippen molar-refractivity contribution >= 4 is 28.9 Å². The lowest BCUT2D eigenvalue weighted by Crippen LogP contribution is -2.27. The predicted molar refractivity (Wildman–Crippen MR) is 76.7 cm³/mol. The van der Waals surface area contributed by atoms with Crippen LogP contribution < -0.4 is 10.6 Å². The number of nitrogens with two attached hydrogens (primary N) is 1. The molecule has 2 aromatic rings. The number of nitrogens with zero attached hydrogens (tertiary/aromatic N) is 1. The Balaban J connectivity index is 2.37. The number of benzene rings is 2. The van der Waals surface area contributed by atoms with Crippen LogP contribution in [-0.4, -0.2) is 18.1 Å². The van der Waals surface area contributed by atoms with Gasteiger partial charge in [-0.05, 0) is 30.3 Å². The number of halogens is 1. The van der Waals surface area contributed by atoms with Crippen molar-refractivity contribution in [3.05, 3.63) is 53.1 Å². The van der Waals surface area contributed by atoms with Crippen LogP contribution in [0.5, 0.6) is 5.75 Å². The van der Waals surface area contributed by atoms with Crippen LogP contribution in [0, 0.1) is 0 Å². The van der Waals surface area contributed by atoms with Gasteiger partial charge in [-0.1, -0.05) is 23.7 Å². The zero-order valence-corrected chi connectivity index (χ0v) is 11.1. The number of aromatic hydroxyl groups is 1. The lowest BCUT2D eigenvalue weighted by Gasteiger charge is -2.19. The third-order valence-electron chi connectivity index (χ3n) is 2.79. The average molecular weight is 277 g/mol. The zero-order chi connectivity index (χ0) is 14.0. The van der Waals surface area contributed by atoms with Crippen molar-refractivity contribution in [1.29, 1.82) is 0 Å². The molecule has 3 N–H and O–H groups in total. The van der Waals surface area contributed by atoms with Crippen molar-refractivity contribution < 1.29 is 9.90 Å². The van der Waals surface area contributed by atoms with Crippen molar-refractivity contribution in [1.82, 2.24) is 0 Å². The molecule has 0 saturated heterocycles. The molecule has 0 atom stereocenters. The molecular weight excluding hydrogens is 264 g/mol. The molecule has 0 bridgehead atoms. The summed E-state index contributed by atoms with van der Waals surface area (Å²) in [5.41, 5.74) is 7.08. The molecule has 0 aliphatic heterocycles. The molecule has 4 nitrogen and oxygen atoms in total. The number of hydrogen-bond acceptors (Lipinski definition) is 3. The fourth-order valence-electron chi connectivity index (χ4n) is 1.77. The van der Waals surface area contributed by atoms with Crippen molar-refractivity contribution in [2.45, 2.75) is 0 Å². The minimum absolute atomic E-state index is 0.154. The molecule has 0 unspecified atom stereocenters. The highest BCUT2D eigenvalue weighted by atomic mass is 35.5. The van der Waals surface area contributed by atoms with Crippen LogP contribution in [0.3, 0.4) is 0 Å². The maximum atomic E-state index is 12.3. The van der Waals surface area contributed by atoms with Crippen LogP contribution in [0.2, 0.25) is 5.02 Å². The topological polar surface area (TPSA) is 66.6 Å². The molecule has 0 radical (unpaired) electrons. The van der Waals surface area contributed by atoms with E-state index in [1.807, 2.05) is 0 Å². The maximum Gasteiger partial charge on any atom is 0.261 e. The average Bonchev–Trinajstić information content (AvgIpc) is 2.38. The van der Waals surface area contributed by atoms with E-state index in [1.54, 1.807) is 37.4 Å². The molecule has 0 aliphatic carbocycles. The lowest BCUT2D eigenvalue weighted by molar-refractivity contribution is 0.0990. The van der Waals surface area contributed by atoms with Crippen LogP contribution in [-0.2, 0) is 0 Å². The van der Waals surface area contributed by atoms with Crippen LogP contribution in [0.25, 0.3) is 0 Å². The van der Waals surface area contributed by atoms with Gasteiger partial charge >= 0.3 is 0 Å². The lowest BCUT2D eigenvalue weighted by atomic mass is 10.1. The van der Waals surface area contributed by atoms with Crippen LogP contribution in [0.1, 0.15) is 10.4 Å². The Kier molecular flexibility index (Phi) is 3.62. The Morgan fingerprint density at radius 2 is 1.95 bits per heavy atom. The molecule has 0 aromatic heterocycles. The number of phenols is 1. The molecule has 5 heteroatoms. The van der Waals surface area contributed by atoms with E-state index in [-0.39, 0.29) is 17.2 Å². The van der Waals surface area contributed by atoms with E-state index in [4.69, 9.17) is 17.3 Å². The number of hydrogen-bond donors (Lipinski definition) is 2. The first-order chi connectivity index (χ1) is 9.00. The molecule has 0 fully saturated rings. The van der Waals surface area contributed by atoms with Crippen LogP contribution in [0.15, 0.2) is 42.5 Å². The van der Waals surface area contributed by atoms with Gasteiger partial charge in [-0.3, -0.25) is 4.79 Å². The zero-order valence-electron chi connectivity index (χ0n) is 10.3. The number of amides is 1. The molecule has 1 amide bonds. The van der Waals surface area contributed by atoms with Gasteiger partial charge < -0.3 is 15.7 Å². The first kappa shape index (κ1) is 13.2. The fraction of sp³-hybridized carbons (Fsp3) is 0.0714. The highest BCUT2D eigenvalue weighted by Gasteiger charge is 2.18. The first-order valence-corrected chi connectivity index (χ1v) is 5.99. The monoisotopic (exact) mass is 276 g/mol. The smallest absolute Gasteiger partial charge is 0.261 e. The van der Waals surface area contributed by atoms with Crippen molar-refractivity contribution in [2.24, 2.45) is 0 Å². The Labute approximate surface area is 116 Å². The van der Waals surface area contributed by atoms with Gasteiger partial charge in [0.15, 0.2) is 0 Å². The molecule has 0 spiro atoms. The Morgan fingerprint density at radius 1 is 1.26 bits per heavy atom. The standard InChI is InChI=1S/C14H13ClN2O2/c1-17(12-5-3-2-4-11(12)16)14(19)10-7-6-9(15)8-13(10)18/h2-8,18H,16H2,1H3. The third kappa shape index (κ3) is 2.63. The summed E-state index contributed by atoms with van der Waals surface area (Å²) in [7, 11) is 1.60. The van der Waals surface area contributed by atoms with Gasteiger partial charge in [0.1, 0.15) is 5.75 Å². The number of carbonyl (C=O) groups excluding carboxylic acids is 1. The minimum atomic E-state index is -0.355. The second-order valence-corrected chi connectivity index (χ2v) is 4.52. The second kappa shape index (κ2) is 5.20. The van der Waals surface area contributed by atoms with E-state index in [1.165, 1.54) is 17.0 Å². The molecule has 2 aromatic carbocycles. The Morgan fingerprint density at radius 3 is 2.58 bits per heavy atom. The summed E-state index contributed by atoms with van der Waals surface area (Å²) in [4.78, 5) is 13.7. The van der Waals surface area contributed by atoms with Crippen molar-refractivity contribution in [3.8, 4) is 5.75 Å². The molecule has 0 saturated carbocycles. The summed E-state index contributed by atoms with van der Waals surface area (Å²) in [5, 5.41) is 10.1. The van der Waals surface area contributed by atoms with Gasteiger partial charge in [0.2, 0.25) is 0 Å². The largest absolute Gasteiger partial charge is 0.507 e. The highest BCUT2D eigenvalue weighted by Crippen LogP contribution is 2.27. The molecule has 98 valence electrons. The number of phenolic OH excluding ortho intramolecular Hbond substituents is 1. The Bertz CT molecular complexity index is 629. The quantitative estimate of drug-likeness (QED) is 0.829. The summed E-state index contributed by atoms with van der Waals surface area (Å²) < 4.78 is 0. The van der Waals surface area contributed by atoms with Crippen molar-refractivity contribution in [2.75, 3.05) is 17.7 Å². The van der Waals surface area contributed by atoms with Gasteiger partial charge in [-0.15, -0.1) is 0 Å². The van der Waals surface area contributed by atoms with Gasteiger partial charge in [-0.2, -0.15) is 0 Å². The summed E-state index contributed by atoms with van der Waals surface area (Å²) >= 11 is 5.74. The van der Waals surface area contributed by atoms with Gasteiger partial charge in [0.05, 0.1) is 16.9 Å². The van der Waals surface area contributed by atoms with E-state index in [2.05, 4.69) is 0 Å². The molecule has 2 rings (SSSR count). The summed E-state index contributed by atoms with van der Waals surface area (Å²) in [5.74, 6) is -0.508. The highest BCUT2D eigenvalue weighted by molar-refractivity contribution is 6.31. The fourth-order valence-corrected chi connectivity index (χ4v) is 1.94. The number of para-hydroxylation sites is 2. The summed E-state index contributed by atoms with van der Waals surface area (Å²) in [6, 6.07) is 11.4. The van der Waals surface area contributed by atoms with Gasteiger partial charge in [-0.25, -0.2) is 0 Å².